The number of carbonyl (C=O) groups excluding carboxylic acids is 2. The van der Waals surface area contributed by atoms with Gasteiger partial charge >= 0.3 is 0 Å². The van der Waals surface area contributed by atoms with Crippen LogP contribution in [0.25, 0.3) is 0 Å². The van der Waals surface area contributed by atoms with Crippen molar-refractivity contribution in [3.63, 3.8) is 0 Å². The molecular formula is C13H16BrNO3. The van der Waals surface area contributed by atoms with Crippen molar-refractivity contribution in [2.75, 3.05) is 13.7 Å². The molecule has 0 aliphatic carbocycles. The van der Waals surface area contributed by atoms with Gasteiger partial charge in [-0.3, -0.25) is 9.59 Å². The number of hydrogen-bond donors (Lipinski definition) is 1. The van der Waals surface area contributed by atoms with Crippen molar-refractivity contribution in [1.82, 2.24) is 5.32 Å². The summed E-state index contributed by atoms with van der Waals surface area (Å²) in [4.78, 5) is 23.5. The van der Waals surface area contributed by atoms with E-state index >= 15 is 0 Å². The summed E-state index contributed by atoms with van der Waals surface area (Å²) in [6, 6.07) is 6.61. The lowest BCUT2D eigenvalue weighted by atomic mass is 10.1. The van der Waals surface area contributed by atoms with Crippen LogP contribution in [0, 0.1) is 0 Å². The Bertz CT molecular complexity index is 417. The van der Waals surface area contributed by atoms with Crippen LogP contribution in [0.15, 0.2) is 28.7 Å². The third kappa shape index (κ3) is 4.58. The van der Waals surface area contributed by atoms with Crippen LogP contribution >= 0.6 is 15.9 Å². The van der Waals surface area contributed by atoms with Gasteiger partial charge < -0.3 is 10.1 Å². The van der Waals surface area contributed by atoms with E-state index in [4.69, 9.17) is 4.74 Å². The molecule has 1 amide bonds. The predicted molar refractivity (Wildman–Crippen MR) is 72.6 cm³/mol. The van der Waals surface area contributed by atoms with Gasteiger partial charge in [0.2, 0.25) is 5.78 Å². The van der Waals surface area contributed by atoms with Gasteiger partial charge in [-0.25, -0.2) is 0 Å². The Kier molecular flexibility index (Phi) is 6.01. The molecule has 0 aromatic heterocycles. The molecule has 98 valence electrons. The molecule has 0 spiro atoms. The summed E-state index contributed by atoms with van der Waals surface area (Å²) in [5, 5.41) is 2.65. The number of halogens is 1. The third-order valence-corrected chi connectivity index (χ3v) is 2.97. The Balaban J connectivity index is 2.56. The van der Waals surface area contributed by atoms with Crippen molar-refractivity contribution >= 4 is 27.6 Å². The molecule has 1 aromatic rings. The van der Waals surface area contributed by atoms with Gasteiger partial charge in [-0.1, -0.05) is 15.9 Å². The van der Waals surface area contributed by atoms with E-state index in [1.165, 1.54) is 0 Å². The first-order chi connectivity index (χ1) is 8.54. The molecule has 1 unspecified atom stereocenters. The van der Waals surface area contributed by atoms with Crippen LogP contribution in [0.2, 0.25) is 0 Å². The van der Waals surface area contributed by atoms with Crippen molar-refractivity contribution in [3.05, 3.63) is 34.3 Å². The van der Waals surface area contributed by atoms with Gasteiger partial charge in [0.15, 0.2) is 0 Å². The molecule has 0 radical (unpaired) electrons. The standard InChI is InChI=1S/C13H16BrNO3/c1-9(7-8-18-2)15-13(17)12(16)10-3-5-11(14)6-4-10/h3-6,9H,7-8H2,1-2H3,(H,15,17). The van der Waals surface area contributed by atoms with Crippen LogP contribution in [-0.4, -0.2) is 31.4 Å². The van der Waals surface area contributed by atoms with Gasteiger partial charge in [-0.2, -0.15) is 0 Å². The number of carbonyl (C=O) groups is 2. The van der Waals surface area contributed by atoms with E-state index in [2.05, 4.69) is 21.2 Å². The third-order valence-electron chi connectivity index (χ3n) is 2.45. The lowest BCUT2D eigenvalue weighted by Gasteiger charge is -2.12. The molecule has 1 aromatic carbocycles. The molecule has 0 saturated carbocycles. The van der Waals surface area contributed by atoms with Crippen molar-refractivity contribution in [2.45, 2.75) is 19.4 Å². The second kappa shape index (κ2) is 7.28. The van der Waals surface area contributed by atoms with E-state index in [0.29, 0.717) is 18.6 Å². The maximum absolute atomic E-state index is 11.8. The average Bonchev–Trinajstić information content (AvgIpc) is 2.36. The number of ether oxygens (including phenoxy) is 1. The molecule has 1 N–H and O–H groups in total. The van der Waals surface area contributed by atoms with Crippen LogP contribution in [0.3, 0.4) is 0 Å². The molecule has 4 nitrogen and oxygen atoms in total. The van der Waals surface area contributed by atoms with E-state index in [1.807, 2.05) is 6.92 Å². The quantitative estimate of drug-likeness (QED) is 0.647. The van der Waals surface area contributed by atoms with Crippen molar-refractivity contribution in [3.8, 4) is 0 Å². The summed E-state index contributed by atoms with van der Waals surface area (Å²) in [5.41, 5.74) is 0.384. The number of nitrogens with one attached hydrogen (secondary N) is 1. The average molecular weight is 314 g/mol. The van der Waals surface area contributed by atoms with E-state index in [1.54, 1.807) is 31.4 Å². The maximum Gasteiger partial charge on any atom is 0.292 e. The maximum atomic E-state index is 11.8. The molecule has 0 saturated heterocycles. The largest absolute Gasteiger partial charge is 0.385 e. The highest BCUT2D eigenvalue weighted by molar-refractivity contribution is 9.10. The van der Waals surface area contributed by atoms with E-state index in [9.17, 15) is 9.59 Å². The molecule has 0 fully saturated rings. The van der Waals surface area contributed by atoms with Crippen molar-refractivity contribution < 1.29 is 14.3 Å². The normalized spacial score (nSPS) is 11.9. The lowest BCUT2D eigenvalue weighted by Crippen LogP contribution is -2.38. The second-order valence-corrected chi connectivity index (χ2v) is 4.91. The molecule has 0 bridgehead atoms. The molecule has 1 atom stereocenters. The molecular weight excluding hydrogens is 298 g/mol. The summed E-state index contributed by atoms with van der Waals surface area (Å²) < 4.78 is 5.78. The van der Waals surface area contributed by atoms with E-state index < -0.39 is 11.7 Å². The number of amides is 1. The van der Waals surface area contributed by atoms with Gasteiger partial charge in [0.25, 0.3) is 5.91 Å². The fourth-order valence-electron chi connectivity index (χ4n) is 1.39. The van der Waals surface area contributed by atoms with Gasteiger partial charge in [0.05, 0.1) is 0 Å². The first kappa shape index (κ1) is 14.9. The predicted octanol–water partition coefficient (Wildman–Crippen LogP) is 2.17. The zero-order valence-corrected chi connectivity index (χ0v) is 12.0. The first-order valence-electron chi connectivity index (χ1n) is 5.64. The van der Waals surface area contributed by atoms with Gasteiger partial charge in [-0.05, 0) is 37.6 Å². The first-order valence-corrected chi connectivity index (χ1v) is 6.43. The van der Waals surface area contributed by atoms with Crippen LogP contribution in [0.1, 0.15) is 23.7 Å². The lowest BCUT2D eigenvalue weighted by molar-refractivity contribution is -0.117. The zero-order valence-electron chi connectivity index (χ0n) is 10.4. The highest BCUT2D eigenvalue weighted by Crippen LogP contribution is 2.11. The van der Waals surface area contributed by atoms with Crippen LogP contribution < -0.4 is 5.32 Å². The number of ketones is 1. The Labute approximate surface area is 115 Å². The highest BCUT2D eigenvalue weighted by atomic mass is 79.9. The molecule has 0 aliphatic heterocycles. The molecule has 5 heteroatoms. The molecule has 18 heavy (non-hydrogen) atoms. The number of benzene rings is 1. The number of methoxy groups -OCH3 is 1. The Morgan fingerprint density at radius 2 is 1.94 bits per heavy atom. The Morgan fingerprint density at radius 3 is 2.50 bits per heavy atom. The number of rotatable bonds is 6. The zero-order chi connectivity index (χ0) is 13.5. The number of hydrogen-bond acceptors (Lipinski definition) is 3. The molecule has 0 aliphatic rings. The SMILES string of the molecule is COCCC(C)NC(=O)C(=O)c1ccc(Br)cc1. The summed E-state index contributed by atoms with van der Waals surface area (Å²) in [6.45, 7) is 2.39. The van der Waals surface area contributed by atoms with Gasteiger partial charge in [0.1, 0.15) is 0 Å². The Hall–Kier alpha value is -1.20. The summed E-state index contributed by atoms with van der Waals surface area (Å²) in [7, 11) is 1.60. The topological polar surface area (TPSA) is 55.4 Å². The van der Waals surface area contributed by atoms with Crippen molar-refractivity contribution in [2.24, 2.45) is 0 Å². The Morgan fingerprint density at radius 1 is 1.33 bits per heavy atom. The molecule has 0 heterocycles. The summed E-state index contributed by atoms with van der Waals surface area (Å²) >= 11 is 3.27. The van der Waals surface area contributed by atoms with Crippen LogP contribution in [0.4, 0.5) is 0 Å². The fraction of sp³-hybridized carbons (Fsp3) is 0.385. The minimum atomic E-state index is -0.582. The summed E-state index contributed by atoms with van der Waals surface area (Å²) in [6.07, 6.45) is 0.676. The minimum absolute atomic E-state index is 0.0863. The van der Waals surface area contributed by atoms with E-state index in [-0.39, 0.29) is 6.04 Å². The highest BCUT2D eigenvalue weighted by Gasteiger charge is 2.17. The second-order valence-electron chi connectivity index (χ2n) is 3.99. The fourth-order valence-corrected chi connectivity index (χ4v) is 1.65. The van der Waals surface area contributed by atoms with E-state index in [0.717, 1.165) is 4.47 Å². The molecule has 1 rings (SSSR count). The minimum Gasteiger partial charge on any atom is -0.385 e. The van der Waals surface area contributed by atoms with Crippen LogP contribution in [-0.2, 0) is 9.53 Å². The smallest absolute Gasteiger partial charge is 0.292 e. The summed E-state index contributed by atoms with van der Waals surface area (Å²) in [5.74, 6) is -1.10. The number of Topliss-reactive ketones (excluding diaryl/α,β-unsaturated/α-hetero) is 1. The van der Waals surface area contributed by atoms with Gasteiger partial charge in [0, 0.05) is 29.8 Å². The van der Waals surface area contributed by atoms with Crippen LogP contribution in [0.5, 0.6) is 0 Å². The van der Waals surface area contributed by atoms with Crippen molar-refractivity contribution in [1.29, 1.82) is 0 Å². The van der Waals surface area contributed by atoms with Gasteiger partial charge in [-0.15, -0.1) is 0 Å². The monoisotopic (exact) mass is 313 g/mol.